The van der Waals surface area contributed by atoms with Gasteiger partial charge < -0.3 is 14.8 Å². The van der Waals surface area contributed by atoms with Crippen LogP contribution in [0, 0.1) is 0 Å². The van der Waals surface area contributed by atoms with E-state index in [4.69, 9.17) is 9.47 Å². The van der Waals surface area contributed by atoms with E-state index in [1.807, 2.05) is 16.8 Å². The molecular formula is C19H19BrN4O2. The quantitative estimate of drug-likeness (QED) is 0.692. The summed E-state index contributed by atoms with van der Waals surface area (Å²) in [6.45, 7) is 0. The van der Waals surface area contributed by atoms with E-state index in [1.165, 1.54) is 5.56 Å². The van der Waals surface area contributed by atoms with Crippen LogP contribution in [0.25, 0.3) is 0 Å². The Bertz CT molecular complexity index is 910. The van der Waals surface area contributed by atoms with E-state index in [1.54, 1.807) is 20.5 Å². The normalized spacial score (nSPS) is 18.7. The van der Waals surface area contributed by atoms with Gasteiger partial charge in [-0.05, 0) is 30.2 Å². The van der Waals surface area contributed by atoms with Crippen LogP contribution in [-0.4, -0.2) is 29.0 Å². The molecular weight excluding hydrogens is 396 g/mol. The number of hydrogen-bond donors (Lipinski definition) is 1. The van der Waals surface area contributed by atoms with Crippen LogP contribution in [0.4, 0.5) is 5.95 Å². The zero-order valence-electron chi connectivity index (χ0n) is 14.5. The van der Waals surface area contributed by atoms with Crippen molar-refractivity contribution in [1.82, 2.24) is 14.8 Å². The van der Waals surface area contributed by atoms with E-state index in [0.29, 0.717) is 5.75 Å². The molecule has 6 nitrogen and oxygen atoms in total. The van der Waals surface area contributed by atoms with Gasteiger partial charge in [-0.15, -0.1) is 0 Å². The predicted octanol–water partition coefficient (Wildman–Crippen LogP) is 4.20. The molecule has 2 atom stereocenters. The molecule has 3 aromatic rings. The van der Waals surface area contributed by atoms with Gasteiger partial charge in [0, 0.05) is 10.0 Å². The van der Waals surface area contributed by atoms with Gasteiger partial charge in [-0.2, -0.15) is 10.1 Å². The first kappa shape index (κ1) is 16.9. The highest BCUT2D eigenvalue weighted by atomic mass is 79.9. The summed E-state index contributed by atoms with van der Waals surface area (Å²) in [6.07, 6.45) is 2.40. The van der Waals surface area contributed by atoms with Crippen LogP contribution >= 0.6 is 15.9 Å². The van der Waals surface area contributed by atoms with E-state index in [0.717, 1.165) is 28.2 Å². The number of aromatic nitrogens is 3. The van der Waals surface area contributed by atoms with Gasteiger partial charge in [-0.3, -0.25) is 0 Å². The van der Waals surface area contributed by atoms with Crippen molar-refractivity contribution in [2.75, 3.05) is 19.5 Å². The van der Waals surface area contributed by atoms with Gasteiger partial charge in [0.2, 0.25) is 5.95 Å². The first-order valence-corrected chi connectivity index (χ1v) is 9.13. The summed E-state index contributed by atoms with van der Waals surface area (Å²) >= 11 is 3.50. The molecule has 2 aromatic carbocycles. The van der Waals surface area contributed by atoms with Gasteiger partial charge in [0.05, 0.1) is 26.3 Å². The van der Waals surface area contributed by atoms with Gasteiger partial charge in [-0.1, -0.05) is 40.2 Å². The summed E-state index contributed by atoms with van der Waals surface area (Å²) in [5.41, 5.74) is 2.23. The van der Waals surface area contributed by atoms with E-state index in [-0.39, 0.29) is 12.1 Å². The second kappa shape index (κ2) is 6.99. The van der Waals surface area contributed by atoms with Crippen LogP contribution in [0.2, 0.25) is 0 Å². The van der Waals surface area contributed by atoms with Crippen molar-refractivity contribution in [3.05, 3.63) is 64.4 Å². The maximum Gasteiger partial charge on any atom is 0.222 e. The molecule has 1 aromatic heterocycles. The van der Waals surface area contributed by atoms with E-state index >= 15 is 0 Å². The second-order valence-corrected chi connectivity index (χ2v) is 7.03. The first-order chi connectivity index (χ1) is 12.7. The standard InChI is InChI=1S/C19H19BrN4O2/c1-25-17-5-3-4-14(18(17)26-2)16-10-15(12-6-8-13(20)9-7-12)23-19-21-11-22-24(16)19/h3-9,11,15-16H,10H2,1-2H3,(H,21,22,23). The fourth-order valence-electron chi connectivity index (χ4n) is 3.47. The number of methoxy groups -OCH3 is 2. The summed E-state index contributed by atoms with van der Waals surface area (Å²) < 4.78 is 14.1. The lowest BCUT2D eigenvalue weighted by atomic mass is 9.92. The summed E-state index contributed by atoms with van der Waals surface area (Å²) in [4.78, 5) is 4.38. The number of rotatable bonds is 4. The summed E-state index contributed by atoms with van der Waals surface area (Å²) in [5, 5.41) is 7.91. The third-order valence-corrected chi connectivity index (χ3v) is 5.22. The molecule has 0 spiro atoms. The number of hydrogen-bond acceptors (Lipinski definition) is 5. The molecule has 0 amide bonds. The fraction of sp³-hybridized carbons (Fsp3) is 0.263. The molecule has 26 heavy (non-hydrogen) atoms. The van der Waals surface area contributed by atoms with Gasteiger partial charge in [-0.25, -0.2) is 4.68 Å². The van der Waals surface area contributed by atoms with Crippen molar-refractivity contribution in [1.29, 1.82) is 0 Å². The average Bonchev–Trinajstić information content (AvgIpc) is 3.15. The number of anilines is 1. The number of nitrogens with zero attached hydrogens (tertiary/aromatic N) is 3. The first-order valence-electron chi connectivity index (χ1n) is 8.33. The minimum absolute atomic E-state index is 0.00699. The fourth-order valence-corrected chi connectivity index (χ4v) is 3.73. The number of nitrogens with one attached hydrogen (secondary N) is 1. The molecule has 134 valence electrons. The third-order valence-electron chi connectivity index (χ3n) is 4.70. The van der Waals surface area contributed by atoms with Crippen LogP contribution in [0.5, 0.6) is 11.5 Å². The molecule has 2 unspecified atom stereocenters. The van der Waals surface area contributed by atoms with Gasteiger partial charge in [0.15, 0.2) is 11.5 Å². The lowest BCUT2D eigenvalue weighted by Crippen LogP contribution is -2.28. The highest BCUT2D eigenvalue weighted by Crippen LogP contribution is 2.43. The van der Waals surface area contributed by atoms with E-state index < -0.39 is 0 Å². The van der Waals surface area contributed by atoms with Crippen molar-refractivity contribution in [2.45, 2.75) is 18.5 Å². The lowest BCUT2D eigenvalue weighted by molar-refractivity contribution is 0.340. The Kier molecular flexibility index (Phi) is 4.55. The van der Waals surface area contributed by atoms with Gasteiger partial charge in [0.25, 0.3) is 0 Å². The van der Waals surface area contributed by atoms with Crippen molar-refractivity contribution in [2.24, 2.45) is 0 Å². The van der Waals surface area contributed by atoms with Crippen LogP contribution < -0.4 is 14.8 Å². The van der Waals surface area contributed by atoms with Crippen LogP contribution in [-0.2, 0) is 0 Å². The Morgan fingerprint density at radius 1 is 1.12 bits per heavy atom. The molecule has 0 bridgehead atoms. The molecule has 0 saturated carbocycles. The summed E-state index contributed by atoms with van der Waals surface area (Å²) in [7, 11) is 3.31. The highest BCUT2D eigenvalue weighted by molar-refractivity contribution is 9.10. The van der Waals surface area contributed by atoms with Crippen LogP contribution in [0.1, 0.15) is 29.6 Å². The van der Waals surface area contributed by atoms with Gasteiger partial charge >= 0.3 is 0 Å². The van der Waals surface area contributed by atoms with Crippen molar-refractivity contribution in [3.63, 3.8) is 0 Å². The van der Waals surface area contributed by atoms with Crippen molar-refractivity contribution in [3.8, 4) is 11.5 Å². The maximum absolute atomic E-state index is 5.66. The molecule has 1 aliphatic rings. The predicted molar refractivity (Wildman–Crippen MR) is 103 cm³/mol. The Hall–Kier alpha value is -2.54. The molecule has 7 heteroatoms. The Labute approximate surface area is 160 Å². The number of ether oxygens (including phenoxy) is 2. The topological polar surface area (TPSA) is 61.2 Å². The Morgan fingerprint density at radius 3 is 2.65 bits per heavy atom. The third kappa shape index (κ3) is 2.92. The maximum atomic E-state index is 5.66. The minimum Gasteiger partial charge on any atom is -0.493 e. The smallest absolute Gasteiger partial charge is 0.222 e. The number of para-hydroxylation sites is 1. The van der Waals surface area contributed by atoms with Gasteiger partial charge in [0.1, 0.15) is 6.33 Å². The number of fused-ring (bicyclic) bond motifs is 1. The molecule has 0 fully saturated rings. The SMILES string of the molecule is COc1cccc(C2CC(c3ccc(Br)cc3)Nc3ncnn32)c1OC. The van der Waals surface area contributed by atoms with Crippen molar-refractivity contribution >= 4 is 21.9 Å². The molecule has 1 aliphatic heterocycles. The summed E-state index contributed by atoms with van der Waals surface area (Å²) in [6, 6.07) is 14.4. The summed E-state index contributed by atoms with van der Waals surface area (Å²) in [5.74, 6) is 2.20. The van der Waals surface area contributed by atoms with E-state index in [2.05, 4.69) is 61.7 Å². The lowest BCUT2D eigenvalue weighted by Gasteiger charge is -2.32. The van der Waals surface area contributed by atoms with Crippen LogP contribution in [0.3, 0.4) is 0 Å². The Morgan fingerprint density at radius 2 is 1.92 bits per heavy atom. The average molecular weight is 415 g/mol. The molecule has 4 rings (SSSR count). The minimum atomic E-state index is -0.00699. The zero-order chi connectivity index (χ0) is 18.1. The Balaban J connectivity index is 1.78. The molecule has 2 heterocycles. The molecule has 0 saturated heterocycles. The van der Waals surface area contributed by atoms with Crippen LogP contribution in [0.15, 0.2) is 53.3 Å². The molecule has 0 aliphatic carbocycles. The second-order valence-electron chi connectivity index (χ2n) is 6.11. The number of halogens is 1. The largest absolute Gasteiger partial charge is 0.493 e. The van der Waals surface area contributed by atoms with Crippen molar-refractivity contribution < 1.29 is 9.47 Å². The molecule has 1 N–H and O–H groups in total. The number of benzene rings is 2. The highest BCUT2D eigenvalue weighted by Gasteiger charge is 2.32. The monoisotopic (exact) mass is 414 g/mol. The van der Waals surface area contributed by atoms with E-state index in [9.17, 15) is 0 Å². The zero-order valence-corrected chi connectivity index (χ0v) is 16.1. The molecule has 0 radical (unpaired) electrons.